The molecule has 0 saturated heterocycles. The Morgan fingerprint density at radius 1 is 0.420 bits per heavy atom. The van der Waals surface area contributed by atoms with Crippen LogP contribution in [0.5, 0.6) is 0 Å². The Morgan fingerprint density at radius 2 is 0.760 bits per heavy atom. The largest absolute Gasteiger partial charge is 0.466 e. The monoisotopic (exact) mass is 706 g/mol. The molecule has 0 rings (SSSR count). The van der Waals surface area contributed by atoms with Crippen molar-refractivity contribution in [1.82, 2.24) is 4.90 Å². The first-order valence-electron chi connectivity index (χ1n) is 22.1. The van der Waals surface area contributed by atoms with Gasteiger partial charge in [0.05, 0.1) is 26.2 Å². The van der Waals surface area contributed by atoms with Crippen LogP contribution in [0.1, 0.15) is 207 Å². The Bertz CT molecular complexity index is 661. The van der Waals surface area contributed by atoms with Crippen molar-refractivity contribution in [2.45, 2.75) is 207 Å². The average molecular weight is 706 g/mol. The molecular weight excluding hydrogens is 618 g/mol. The number of hydrogen-bond acceptors (Lipinski definition) is 5. The van der Waals surface area contributed by atoms with Crippen molar-refractivity contribution in [3.8, 4) is 0 Å². The third kappa shape index (κ3) is 41.3. The molecule has 0 unspecified atom stereocenters. The highest BCUT2D eigenvalue weighted by Crippen LogP contribution is 2.12. The van der Waals surface area contributed by atoms with E-state index in [4.69, 9.17) is 14.2 Å². The number of nitrogens with zero attached hydrogens (tertiary/aromatic N) is 1. The molecule has 0 aromatic heterocycles. The van der Waals surface area contributed by atoms with E-state index in [1.807, 2.05) is 6.92 Å². The highest BCUT2D eigenvalue weighted by Gasteiger charge is 2.09. The molecule has 0 aromatic rings. The zero-order valence-corrected chi connectivity index (χ0v) is 34.1. The number of ether oxygens (including phenoxy) is 3. The lowest BCUT2D eigenvalue weighted by Gasteiger charge is -2.22. The molecular formula is C45H87NO4. The first-order valence-corrected chi connectivity index (χ1v) is 22.1. The molecule has 0 radical (unpaired) electrons. The molecule has 0 saturated carbocycles. The number of unbranched alkanes of at least 4 members (excludes halogenated alkanes) is 24. The molecule has 296 valence electrons. The smallest absolute Gasteiger partial charge is 0.307 e. The van der Waals surface area contributed by atoms with Crippen LogP contribution < -0.4 is 0 Å². The Hall–Kier alpha value is -1.17. The molecule has 0 aromatic carbocycles. The van der Waals surface area contributed by atoms with E-state index >= 15 is 0 Å². The Morgan fingerprint density at radius 3 is 1.12 bits per heavy atom. The van der Waals surface area contributed by atoms with Crippen molar-refractivity contribution < 1.29 is 19.0 Å². The zero-order chi connectivity index (χ0) is 36.3. The lowest BCUT2D eigenvalue weighted by atomic mass is 10.1. The van der Waals surface area contributed by atoms with E-state index in [-0.39, 0.29) is 5.97 Å². The van der Waals surface area contributed by atoms with Crippen LogP contribution in [0, 0.1) is 0 Å². The maximum absolute atomic E-state index is 11.9. The van der Waals surface area contributed by atoms with Crippen LogP contribution in [0.15, 0.2) is 24.3 Å². The van der Waals surface area contributed by atoms with E-state index in [2.05, 4.69) is 43.1 Å². The molecule has 0 amide bonds. The van der Waals surface area contributed by atoms with Gasteiger partial charge in [0.15, 0.2) is 0 Å². The molecule has 50 heavy (non-hydrogen) atoms. The number of carbonyl (C=O) groups excluding carboxylic acids is 1. The summed E-state index contributed by atoms with van der Waals surface area (Å²) in [6.45, 7) is 12.3. The number of allylic oxidation sites excluding steroid dienone is 4. The SMILES string of the molecule is CCCCCCCCC=CCCCCCCCCOCCN(CCOCCCCCCCCC=CCCCCCCCC)CCC(=O)OCC. The minimum absolute atomic E-state index is 0.118. The second kappa shape index (κ2) is 44.0. The average Bonchev–Trinajstić information content (AvgIpc) is 3.12. The molecule has 0 aliphatic heterocycles. The van der Waals surface area contributed by atoms with E-state index < -0.39 is 0 Å². The minimum atomic E-state index is -0.118. The Balaban J connectivity index is 3.73. The predicted octanol–water partition coefficient (Wildman–Crippen LogP) is 13.3. The highest BCUT2D eigenvalue weighted by atomic mass is 16.5. The second-order valence-electron chi connectivity index (χ2n) is 14.5. The summed E-state index contributed by atoms with van der Waals surface area (Å²) < 4.78 is 17.1. The molecule has 5 heteroatoms. The molecule has 0 heterocycles. The van der Waals surface area contributed by atoms with Crippen LogP contribution >= 0.6 is 0 Å². The van der Waals surface area contributed by atoms with Crippen molar-refractivity contribution in [3.05, 3.63) is 24.3 Å². The maximum atomic E-state index is 11.9. The van der Waals surface area contributed by atoms with Gasteiger partial charge < -0.3 is 14.2 Å². The van der Waals surface area contributed by atoms with E-state index in [1.165, 1.54) is 167 Å². The summed E-state index contributed by atoms with van der Waals surface area (Å²) >= 11 is 0. The van der Waals surface area contributed by atoms with Crippen LogP contribution in [0.2, 0.25) is 0 Å². The first-order chi connectivity index (χ1) is 24.7. The van der Waals surface area contributed by atoms with Gasteiger partial charge in [0.2, 0.25) is 0 Å². The van der Waals surface area contributed by atoms with Gasteiger partial charge in [-0.1, -0.05) is 154 Å². The molecule has 0 aliphatic rings. The summed E-state index contributed by atoms with van der Waals surface area (Å²) in [6.07, 6.45) is 47.1. The summed E-state index contributed by atoms with van der Waals surface area (Å²) in [6, 6.07) is 0. The lowest BCUT2D eigenvalue weighted by Crippen LogP contribution is -2.33. The van der Waals surface area contributed by atoms with Crippen LogP contribution in [0.25, 0.3) is 0 Å². The normalized spacial score (nSPS) is 11.9. The standard InChI is InChI=1S/C45H87NO4/c1-4-7-9-11-13-15-17-19-21-23-25-27-29-31-33-35-41-48-43-39-46(38-37-45(47)50-6-3)40-44-49-42-36-34-32-30-28-26-24-22-20-18-16-14-12-10-8-5-2/h19-22H,4-18,23-44H2,1-3H3. The quantitative estimate of drug-likeness (QED) is 0.0359. The maximum Gasteiger partial charge on any atom is 0.307 e. The molecule has 5 nitrogen and oxygen atoms in total. The van der Waals surface area contributed by atoms with Gasteiger partial charge >= 0.3 is 5.97 Å². The van der Waals surface area contributed by atoms with Gasteiger partial charge in [0.25, 0.3) is 0 Å². The fourth-order valence-corrected chi connectivity index (χ4v) is 6.31. The highest BCUT2D eigenvalue weighted by molar-refractivity contribution is 5.69. The van der Waals surface area contributed by atoms with Crippen LogP contribution in [0.4, 0.5) is 0 Å². The molecule has 0 fully saturated rings. The van der Waals surface area contributed by atoms with Crippen molar-refractivity contribution >= 4 is 5.97 Å². The molecule has 0 spiro atoms. The van der Waals surface area contributed by atoms with Crippen molar-refractivity contribution in [3.63, 3.8) is 0 Å². The predicted molar refractivity (Wildman–Crippen MR) is 218 cm³/mol. The van der Waals surface area contributed by atoms with Gasteiger partial charge in [0, 0.05) is 32.8 Å². The van der Waals surface area contributed by atoms with E-state index in [0.29, 0.717) is 32.8 Å². The summed E-state index contributed by atoms with van der Waals surface area (Å²) in [5, 5.41) is 0. The van der Waals surface area contributed by atoms with Gasteiger partial charge in [-0.25, -0.2) is 0 Å². The second-order valence-corrected chi connectivity index (χ2v) is 14.5. The van der Waals surface area contributed by atoms with E-state index in [9.17, 15) is 4.79 Å². The third-order valence-electron chi connectivity index (χ3n) is 9.64. The molecule has 0 N–H and O–H groups in total. The zero-order valence-electron chi connectivity index (χ0n) is 34.1. The molecule has 0 atom stereocenters. The third-order valence-corrected chi connectivity index (χ3v) is 9.64. The number of rotatable bonds is 42. The van der Waals surface area contributed by atoms with Crippen molar-refractivity contribution in [2.24, 2.45) is 0 Å². The number of hydrogen-bond donors (Lipinski definition) is 0. The van der Waals surface area contributed by atoms with Crippen molar-refractivity contribution in [2.75, 3.05) is 52.7 Å². The fourth-order valence-electron chi connectivity index (χ4n) is 6.31. The van der Waals surface area contributed by atoms with Gasteiger partial charge in [-0.05, 0) is 71.1 Å². The summed E-state index contributed by atoms with van der Waals surface area (Å²) in [5.41, 5.74) is 0. The van der Waals surface area contributed by atoms with Gasteiger partial charge in [0.1, 0.15) is 0 Å². The van der Waals surface area contributed by atoms with Gasteiger partial charge in [-0.2, -0.15) is 0 Å². The summed E-state index contributed by atoms with van der Waals surface area (Å²) in [7, 11) is 0. The minimum Gasteiger partial charge on any atom is -0.466 e. The Labute approximate surface area is 313 Å². The number of esters is 1. The van der Waals surface area contributed by atoms with E-state index in [1.54, 1.807) is 0 Å². The lowest BCUT2D eigenvalue weighted by molar-refractivity contribution is -0.143. The van der Waals surface area contributed by atoms with Crippen LogP contribution in [-0.2, 0) is 19.0 Å². The van der Waals surface area contributed by atoms with Gasteiger partial charge in [-0.3, -0.25) is 9.69 Å². The summed E-state index contributed by atoms with van der Waals surface area (Å²) in [5.74, 6) is -0.118. The first kappa shape index (κ1) is 48.8. The van der Waals surface area contributed by atoms with E-state index in [0.717, 1.165) is 39.1 Å². The van der Waals surface area contributed by atoms with Crippen LogP contribution in [0.3, 0.4) is 0 Å². The Kier molecular flexibility index (Phi) is 43.0. The molecule has 0 aliphatic carbocycles. The summed E-state index contributed by atoms with van der Waals surface area (Å²) in [4.78, 5) is 14.2. The number of carbonyl (C=O) groups is 1. The molecule has 0 bridgehead atoms. The topological polar surface area (TPSA) is 48.0 Å². The fraction of sp³-hybridized carbons (Fsp3) is 0.889. The van der Waals surface area contributed by atoms with Gasteiger partial charge in [-0.15, -0.1) is 0 Å². The van der Waals surface area contributed by atoms with Crippen molar-refractivity contribution in [1.29, 1.82) is 0 Å². The van der Waals surface area contributed by atoms with Crippen LogP contribution in [-0.4, -0.2) is 63.5 Å².